The highest BCUT2D eigenvalue weighted by Gasteiger charge is 2.30. The van der Waals surface area contributed by atoms with Crippen LogP contribution in [0.25, 0.3) is 11.4 Å². The number of nitrogens with zero attached hydrogens (tertiary/aromatic N) is 5. The summed E-state index contributed by atoms with van der Waals surface area (Å²) in [6, 6.07) is 9.89. The minimum absolute atomic E-state index is 0.0284. The number of carbonyl (C=O) groups excluding carboxylic acids is 1. The van der Waals surface area contributed by atoms with Crippen LogP contribution in [0.2, 0.25) is 0 Å². The highest BCUT2D eigenvalue weighted by Crippen LogP contribution is 2.27. The van der Waals surface area contributed by atoms with Gasteiger partial charge < -0.3 is 14.5 Å². The minimum atomic E-state index is -0.337. The highest BCUT2D eigenvalue weighted by molar-refractivity contribution is 5.92. The zero-order chi connectivity index (χ0) is 17.4. The molecule has 1 amide bonds. The lowest BCUT2D eigenvalue weighted by Gasteiger charge is -2.32. The molecular formula is C17H16N6O2. The number of hydrogen-bond acceptors (Lipinski definition) is 5. The number of rotatable bonds is 2. The van der Waals surface area contributed by atoms with E-state index in [2.05, 4.69) is 24.7 Å². The Morgan fingerprint density at radius 1 is 1.24 bits per heavy atom. The van der Waals surface area contributed by atoms with Gasteiger partial charge >= 0.3 is 0 Å². The molecular weight excluding hydrogens is 320 g/mol. The second-order valence-electron chi connectivity index (χ2n) is 6.01. The molecule has 0 fully saturated rings. The van der Waals surface area contributed by atoms with Crippen molar-refractivity contribution in [2.45, 2.75) is 19.5 Å². The molecule has 1 aliphatic rings. The number of nitrogens with one attached hydrogen (secondary N) is 1. The Hall–Kier alpha value is -3.29. The van der Waals surface area contributed by atoms with Crippen LogP contribution in [0.15, 0.2) is 47.5 Å². The first-order valence-electron chi connectivity index (χ1n) is 7.96. The standard InChI is InChI=1S/C17H16N6O2/c1-11-9-22(17(25)13-7-19-15(24)8-18-13)10-14-20-21-16(23(11)14)12-5-3-2-4-6-12/h2-8,11H,9-10H2,1H3,(H,19,24)/t11-/m0/s1. The van der Waals surface area contributed by atoms with Gasteiger partial charge in [0.15, 0.2) is 11.6 Å². The molecule has 0 saturated heterocycles. The van der Waals surface area contributed by atoms with Crippen LogP contribution in [-0.4, -0.2) is 42.1 Å². The summed E-state index contributed by atoms with van der Waals surface area (Å²) in [6.45, 7) is 2.90. The van der Waals surface area contributed by atoms with E-state index in [0.717, 1.165) is 23.4 Å². The van der Waals surface area contributed by atoms with Crippen LogP contribution < -0.4 is 5.56 Å². The van der Waals surface area contributed by atoms with E-state index >= 15 is 0 Å². The first-order valence-corrected chi connectivity index (χ1v) is 7.96. The lowest BCUT2D eigenvalue weighted by Crippen LogP contribution is -2.41. The molecule has 4 rings (SSSR count). The second kappa shape index (κ2) is 5.97. The minimum Gasteiger partial charge on any atom is -0.328 e. The molecule has 1 aromatic carbocycles. The topological polar surface area (TPSA) is 96.8 Å². The molecule has 3 aromatic rings. The van der Waals surface area contributed by atoms with Crippen molar-refractivity contribution in [3.05, 3.63) is 64.6 Å². The summed E-state index contributed by atoms with van der Waals surface area (Å²) in [5.41, 5.74) is 0.869. The average molecular weight is 336 g/mol. The average Bonchev–Trinajstić information content (AvgIpc) is 3.07. The van der Waals surface area contributed by atoms with Gasteiger partial charge in [-0.05, 0) is 6.92 Å². The van der Waals surface area contributed by atoms with Crippen molar-refractivity contribution < 1.29 is 4.79 Å². The Morgan fingerprint density at radius 3 is 2.76 bits per heavy atom. The molecule has 0 radical (unpaired) electrons. The lowest BCUT2D eigenvalue weighted by molar-refractivity contribution is 0.0675. The number of aromatic nitrogens is 5. The summed E-state index contributed by atoms with van der Waals surface area (Å²) >= 11 is 0. The van der Waals surface area contributed by atoms with Crippen molar-refractivity contribution in [1.82, 2.24) is 29.6 Å². The zero-order valence-electron chi connectivity index (χ0n) is 13.6. The highest BCUT2D eigenvalue weighted by atomic mass is 16.2. The van der Waals surface area contributed by atoms with Gasteiger partial charge in [-0.1, -0.05) is 30.3 Å². The Labute approximate surface area is 143 Å². The first-order chi connectivity index (χ1) is 12.1. The van der Waals surface area contributed by atoms with Gasteiger partial charge in [0.1, 0.15) is 5.69 Å². The van der Waals surface area contributed by atoms with Gasteiger partial charge in [0.25, 0.3) is 11.5 Å². The Balaban J connectivity index is 1.64. The Kier molecular flexibility index (Phi) is 3.64. The molecule has 0 aliphatic carbocycles. The van der Waals surface area contributed by atoms with Crippen molar-refractivity contribution in [3.8, 4) is 11.4 Å². The molecule has 126 valence electrons. The van der Waals surface area contributed by atoms with Crippen LogP contribution in [0, 0.1) is 0 Å². The smallest absolute Gasteiger partial charge is 0.274 e. The van der Waals surface area contributed by atoms with E-state index in [1.165, 1.54) is 6.20 Å². The fourth-order valence-electron chi connectivity index (χ4n) is 3.09. The third kappa shape index (κ3) is 2.71. The molecule has 2 aromatic heterocycles. The summed E-state index contributed by atoms with van der Waals surface area (Å²) in [6.07, 6.45) is 2.45. The third-order valence-electron chi connectivity index (χ3n) is 4.23. The van der Waals surface area contributed by atoms with Gasteiger partial charge in [-0.25, -0.2) is 4.98 Å². The Morgan fingerprint density at radius 2 is 2.04 bits per heavy atom. The zero-order valence-corrected chi connectivity index (χ0v) is 13.6. The van der Waals surface area contributed by atoms with Crippen LogP contribution in [0.1, 0.15) is 29.3 Å². The van der Waals surface area contributed by atoms with E-state index in [0.29, 0.717) is 13.1 Å². The molecule has 0 bridgehead atoms. The van der Waals surface area contributed by atoms with Gasteiger partial charge in [0, 0.05) is 18.3 Å². The number of fused-ring (bicyclic) bond motifs is 1. The van der Waals surface area contributed by atoms with Crippen molar-refractivity contribution in [3.63, 3.8) is 0 Å². The molecule has 3 heterocycles. The van der Waals surface area contributed by atoms with Crippen LogP contribution >= 0.6 is 0 Å². The van der Waals surface area contributed by atoms with Crippen molar-refractivity contribution in [1.29, 1.82) is 0 Å². The van der Waals surface area contributed by atoms with Gasteiger partial charge in [-0.3, -0.25) is 9.59 Å². The van der Waals surface area contributed by atoms with E-state index in [1.807, 2.05) is 37.3 Å². The molecule has 8 nitrogen and oxygen atoms in total. The fraction of sp³-hybridized carbons (Fsp3) is 0.235. The first kappa shape index (κ1) is 15.3. The van der Waals surface area contributed by atoms with Gasteiger partial charge in [-0.2, -0.15) is 0 Å². The van der Waals surface area contributed by atoms with E-state index in [-0.39, 0.29) is 23.2 Å². The summed E-state index contributed by atoms with van der Waals surface area (Å²) in [7, 11) is 0. The molecule has 1 aliphatic heterocycles. The van der Waals surface area contributed by atoms with Crippen molar-refractivity contribution >= 4 is 5.91 Å². The van der Waals surface area contributed by atoms with Crippen molar-refractivity contribution in [2.24, 2.45) is 0 Å². The van der Waals surface area contributed by atoms with Gasteiger partial charge in [0.05, 0.1) is 18.8 Å². The van der Waals surface area contributed by atoms with Crippen LogP contribution in [0.3, 0.4) is 0 Å². The largest absolute Gasteiger partial charge is 0.328 e. The molecule has 8 heteroatoms. The summed E-state index contributed by atoms with van der Waals surface area (Å²) in [5.74, 6) is 1.30. The lowest BCUT2D eigenvalue weighted by atomic mass is 10.1. The molecule has 1 atom stereocenters. The monoisotopic (exact) mass is 336 g/mol. The summed E-state index contributed by atoms with van der Waals surface area (Å²) < 4.78 is 2.07. The van der Waals surface area contributed by atoms with Gasteiger partial charge in [-0.15, -0.1) is 10.2 Å². The summed E-state index contributed by atoms with van der Waals surface area (Å²) in [5, 5.41) is 8.57. The molecule has 0 spiro atoms. The number of carbonyl (C=O) groups is 1. The van der Waals surface area contributed by atoms with E-state index in [4.69, 9.17) is 0 Å². The maximum atomic E-state index is 12.6. The number of benzene rings is 1. The SMILES string of the molecule is C[C@H]1CN(C(=O)c2c[nH]c(=O)cn2)Cc2nnc(-c3ccccc3)n21. The predicted octanol–water partition coefficient (Wildman–Crippen LogP) is 1.25. The quantitative estimate of drug-likeness (QED) is 0.759. The van der Waals surface area contributed by atoms with E-state index < -0.39 is 0 Å². The summed E-state index contributed by atoms with van der Waals surface area (Å²) in [4.78, 5) is 31.8. The molecule has 25 heavy (non-hydrogen) atoms. The van der Waals surface area contributed by atoms with Crippen LogP contribution in [-0.2, 0) is 6.54 Å². The van der Waals surface area contributed by atoms with Crippen LogP contribution in [0.4, 0.5) is 0 Å². The number of aromatic amines is 1. The van der Waals surface area contributed by atoms with E-state index in [1.54, 1.807) is 4.90 Å². The second-order valence-corrected chi connectivity index (χ2v) is 6.01. The van der Waals surface area contributed by atoms with Crippen molar-refractivity contribution in [2.75, 3.05) is 6.54 Å². The number of hydrogen-bond donors (Lipinski definition) is 1. The van der Waals surface area contributed by atoms with E-state index in [9.17, 15) is 9.59 Å². The predicted molar refractivity (Wildman–Crippen MR) is 89.8 cm³/mol. The third-order valence-corrected chi connectivity index (χ3v) is 4.23. The Bertz CT molecular complexity index is 958. The normalized spacial score (nSPS) is 16.5. The molecule has 0 unspecified atom stereocenters. The number of amides is 1. The molecule has 0 saturated carbocycles. The fourth-order valence-corrected chi connectivity index (χ4v) is 3.09. The maximum Gasteiger partial charge on any atom is 0.274 e. The van der Waals surface area contributed by atoms with Crippen LogP contribution in [0.5, 0.6) is 0 Å². The maximum absolute atomic E-state index is 12.6. The molecule has 1 N–H and O–H groups in total. The number of H-pyrrole nitrogens is 1. The van der Waals surface area contributed by atoms with Gasteiger partial charge in [0.2, 0.25) is 0 Å².